The standard InChI is InChI=1S/C14H17N5O2/c1-7-10(2-3-16-7)13(21)17-9-4-8(5-9)11-6-12(20)19-14(15)18-11/h2-3,6,8-9,16H,4-5H2,1H3,(H,17,21)(H3,15,18,19,20). The van der Waals surface area contributed by atoms with Gasteiger partial charge in [0.1, 0.15) is 0 Å². The number of carbonyl (C=O) groups is 1. The largest absolute Gasteiger partial charge is 0.369 e. The van der Waals surface area contributed by atoms with Gasteiger partial charge in [-0.1, -0.05) is 0 Å². The van der Waals surface area contributed by atoms with Gasteiger partial charge in [-0.3, -0.25) is 14.6 Å². The van der Waals surface area contributed by atoms with Crippen LogP contribution in [0.25, 0.3) is 0 Å². The number of nitrogens with two attached hydrogens (primary N) is 1. The van der Waals surface area contributed by atoms with Crippen molar-refractivity contribution in [1.29, 1.82) is 0 Å². The van der Waals surface area contributed by atoms with E-state index in [-0.39, 0.29) is 29.4 Å². The molecule has 1 amide bonds. The van der Waals surface area contributed by atoms with Crippen LogP contribution in [0.1, 0.15) is 40.5 Å². The van der Waals surface area contributed by atoms with Gasteiger partial charge in [-0.15, -0.1) is 0 Å². The minimum Gasteiger partial charge on any atom is -0.369 e. The van der Waals surface area contributed by atoms with Crippen LogP contribution in [0.5, 0.6) is 0 Å². The minimum absolute atomic E-state index is 0.0735. The highest BCUT2D eigenvalue weighted by Gasteiger charge is 2.33. The van der Waals surface area contributed by atoms with Gasteiger partial charge in [-0.05, 0) is 25.8 Å². The van der Waals surface area contributed by atoms with Crippen LogP contribution in [-0.4, -0.2) is 26.9 Å². The van der Waals surface area contributed by atoms with Gasteiger partial charge >= 0.3 is 0 Å². The Morgan fingerprint density at radius 3 is 2.86 bits per heavy atom. The quantitative estimate of drug-likeness (QED) is 0.663. The molecule has 21 heavy (non-hydrogen) atoms. The lowest BCUT2D eigenvalue weighted by Gasteiger charge is -2.35. The average Bonchev–Trinajstić information content (AvgIpc) is 2.78. The zero-order chi connectivity index (χ0) is 15.0. The second-order valence-electron chi connectivity index (χ2n) is 5.41. The normalized spacial score (nSPS) is 20.8. The van der Waals surface area contributed by atoms with Gasteiger partial charge in [0.25, 0.3) is 11.5 Å². The average molecular weight is 287 g/mol. The summed E-state index contributed by atoms with van der Waals surface area (Å²) in [5.74, 6) is 0.232. The van der Waals surface area contributed by atoms with Crippen molar-refractivity contribution in [1.82, 2.24) is 20.3 Å². The SMILES string of the molecule is Cc1[nH]ccc1C(=O)NC1CC(c2cc(=O)[nH]c(N)n2)C1. The number of nitrogens with zero attached hydrogens (tertiary/aromatic N) is 1. The van der Waals surface area contributed by atoms with Crippen molar-refractivity contribution in [2.24, 2.45) is 0 Å². The van der Waals surface area contributed by atoms with Crippen molar-refractivity contribution >= 4 is 11.9 Å². The van der Waals surface area contributed by atoms with Crippen molar-refractivity contribution in [2.45, 2.75) is 31.7 Å². The number of nitrogen functional groups attached to an aromatic ring is 1. The van der Waals surface area contributed by atoms with Gasteiger partial charge in [0.15, 0.2) is 0 Å². The molecule has 2 heterocycles. The Balaban J connectivity index is 1.60. The molecule has 7 nitrogen and oxygen atoms in total. The first kappa shape index (κ1) is 13.4. The Labute approximate surface area is 121 Å². The Bertz CT molecular complexity index is 727. The van der Waals surface area contributed by atoms with Crippen LogP contribution in [0, 0.1) is 6.92 Å². The molecule has 1 saturated carbocycles. The second kappa shape index (κ2) is 5.08. The summed E-state index contributed by atoms with van der Waals surface area (Å²) in [5.41, 5.74) is 7.50. The van der Waals surface area contributed by atoms with E-state index in [4.69, 9.17) is 5.73 Å². The van der Waals surface area contributed by atoms with E-state index >= 15 is 0 Å². The molecular weight excluding hydrogens is 270 g/mol. The summed E-state index contributed by atoms with van der Waals surface area (Å²) in [5, 5.41) is 2.98. The summed E-state index contributed by atoms with van der Waals surface area (Å²) < 4.78 is 0. The van der Waals surface area contributed by atoms with Crippen molar-refractivity contribution in [3.8, 4) is 0 Å². The highest BCUT2D eigenvalue weighted by Crippen LogP contribution is 2.35. The molecule has 0 radical (unpaired) electrons. The third-order valence-corrected chi connectivity index (χ3v) is 3.87. The fourth-order valence-corrected chi connectivity index (χ4v) is 2.64. The van der Waals surface area contributed by atoms with Crippen LogP contribution in [0.3, 0.4) is 0 Å². The van der Waals surface area contributed by atoms with Crippen molar-refractivity contribution in [3.63, 3.8) is 0 Å². The molecule has 0 spiro atoms. The van der Waals surface area contributed by atoms with E-state index in [1.807, 2.05) is 6.92 Å². The van der Waals surface area contributed by atoms with Crippen LogP contribution in [0.15, 0.2) is 23.1 Å². The predicted molar refractivity (Wildman–Crippen MR) is 78.0 cm³/mol. The zero-order valence-electron chi connectivity index (χ0n) is 11.6. The van der Waals surface area contributed by atoms with Crippen molar-refractivity contribution in [3.05, 3.63) is 45.6 Å². The van der Waals surface area contributed by atoms with Gasteiger partial charge in [0.05, 0.1) is 11.3 Å². The van der Waals surface area contributed by atoms with E-state index in [1.54, 1.807) is 12.3 Å². The molecule has 0 aromatic carbocycles. The smallest absolute Gasteiger partial charge is 0.253 e. The number of hydrogen-bond acceptors (Lipinski definition) is 4. The van der Waals surface area contributed by atoms with Crippen LogP contribution < -0.4 is 16.6 Å². The summed E-state index contributed by atoms with van der Waals surface area (Å²) in [6.45, 7) is 1.86. The fourth-order valence-electron chi connectivity index (χ4n) is 2.64. The molecule has 5 N–H and O–H groups in total. The Morgan fingerprint density at radius 1 is 1.48 bits per heavy atom. The van der Waals surface area contributed by atoms with E-state index in [0.717, 1.165) is 18.5 Å². The maximum absolute atomic E-state index is 12.1. The summed E-state index contributed by atoms with van der Waals surface area (Å²) in [7, 11) is 0. The van der Waals surface area contributed by atoms with Crippen LogP contribution in [0.2, 0.25) is 0 Å². The van der Waals surface area contributed by atoms with E-state index in [1.165, 1.54) is 6.07 Å². The Kier molecular flexibility index (Phi) is 3.25. The lowest BCUT2D eigenvalue weighted by Crippen LogP contribution is -2.43. The van der Waals surface area contributed by atoms with Gasteiger partial charge < -0.3 is 16.0 Å². The molecule has 0 unspecified atom stereocenters. The number of aromatic nitrogens is 3. The molecule has 0 aliphatic heterocycles. The number of carbonyl (C=O) groups excluding carboxylic acids is 1. The molecule has 1 aliphatic rings. The number of H-pyrrole nitrogens is 2. The fraction of sp³-hybridized carbons (Fsp3) is 0.357. The first-order valence-corrected chi connectivity index (χ1v) is 6.84. The minimum atomic E-state index is -0.243. The molecule has 1 fully saturated rings. The number of amides is 1. The molecule has 2 aromatic rings. The third-order valence-electron chi connectivity index (χ3n) is 3.87. The number of anilines is 1. The first-order chi connectivity index (χ1) is 10.0. The first-order valence-electron chi connectivity index (χ1n) is 6.84. The molecule has 1 aliphatic carbocycles. The zero-order valence-corrected chi connectivity index (χ0v) is 11.6. The molecule has 7 heteroatoms. The van der Waals surface area contributed by atoms with Crippen LogP contribution >= 0.6 is 0 Å². The van der Waals surface area contributed by atoms with Gasteiger partial charge in [0, 0.05) is 29.9 Å². The summed E-state index contributed by atoms with van der Waals surface area (Å²) in [6.07, 6.45) is 3.28. The highest BCUT2D eigenvalue weighted by atomic mass is 16.1. The highest BCUT2D eigenvalue weighted by molar-refractivity contribution is 5.95. The lowest BCUT2D eigenvalue weighted by molar-refractivity contribution is 0.0907. The number of nitrogens with one attached hydrogen (secondary N) is 3. The predicted octanol–water partition coefficient (Wildman–Crippen LogP) is 0.665. The van der Waals surface area contributed by atoms with Crippen molar-refractivity contribution in [2.75, 3.05) is 5.73 Å². The lowest BCUT2D eigenvalue weighted by atomic mass is 9.78. The number of rotatable bonds is 3. The van der Waals surface area contributed by atoms with Gasteiger partial charge in [-0.2, -0.15) is 0 Å². The van der Waals surface area contributed by atoms with Gasteiger partial charge in [0.2, 0.25) is 5.95 Å². The second-order valence-corrected chi connectivity index (χ2v) is 5.41. The van der Waals surface area contributed by atoms with Crippen LogP contribution in [0.4, 0.5) is 5.95 Å². The molecule has 0 atom stereocenters. The number of aromatic amines is 2. The maximum Gasteiger partial charge on any atom is 0.253 e. The molecule has 2 aromatic heterocycles. The number of hydrogen-bond donors (Lipinski definition) is 4. The molecule has 0 bridgehead atoms. The Hall–Kier alpha value is -2.57. The summed E-state index contributed by atoms with van der Waals surface area (Å²) in [4.78, 5) is 33.0. The summed E-state index contributed by atoms with van der Waals surface area (Å²) in [6, 6.07) is 3.34. The van der Waals surface area contributed by atoms with E-state index in [0.29, 0.717) is 11.3 Å². The van der Waals surface area contributed by atoms with Gasteiger partial charge in [-0.25, -0.2) is 4.98 Å². The molecule has 3 rings (SSSR count). The molecule has 0 saturated heterocycles. The van der Waals surface area contributed by atoms with E-state index in [2.05, 4.69) is 20.3 Å². The van der Waals surface area contributed by atoms with Crippen molar-refractivity contribution < 1.29 is 4.79 Å². The third kappa shape index (κ3) is 2.67. The van der Waals surface area contributed by atoms with E-state index in [9.17, 15) is 9.59 Å². The van der Waals surface area contributed by atoms with Crippen LogP contribution in [-0.2, 0) is 0 Å². The maximum atomic E-state index is 12.1. The molecular formula is C14H17N5O2. The van der Waals surface area contributed by atoms with E-state index < -0.39 is 0 Å². The summed E-state index contributed by atoms with van der Waals surface area (Å²) >= 11 is 0. The number of aryl methyl sites for hydroxylation is 1. The Morgan fingerprint density at radius 2 is 2.24 bits per heavy atom. The topological polar surface area (TPSA) is 117 Å². The monoisotopic (exact) mass is 287 g/mol. The molecule has 110 valence electrons.